The predicted molar refractivity (Wildman–Crippen MR) is 95.3 cm³/mol. The number of halogens is 1. The molecule has 120 valence electrons. The fourth-order valence-corrected chi connectivity index (χ4v) is 2.39. The number of amides is 1. The lowest BCUT2D eigenvalue weighted by atomic mass is 10.1. The summed E-state index contributed by atoms with van der Waals surface area (Å²) in [7, 11) is 0. The second kappa shape index (κ2) is 7.10. The molecule has 24 heavy (non-hydrogen) atoms. The van der Waals surface area contributed by atoms with Crippen molar-refractivity contribution in [2.24, 2.45) is 5.10 Å². The molecule has 0 radical (unpaired) electrons. The zero-order valence-corrected chi connectivity index (χ0v) is 13.7. The number of carbonyl (C=O) groups excluding carboxylic acids is 1. The number of carbonyl (C=O) groups is 1. The number of hydrazone groups is 1. The Labute approximate surface area is 144 Å². The van der Waals surface area contributed by atoms with Crippen molar-refractivity contribution >= 4 is 23.7 Å². The second-order valence-electron chi connectivity index (χ2n) is 5.19. The summed E-state index contributed by atoms with van der Waals surface area (Å²) in [5, 5.41) is 11.6. The monoisotopic (exact) mass is 338 g/mol. The van der Waals surface area contributed by atoms with E-state index in [9.17, 15) is 4.79 Å². The summed E-state index contributed by atoms with van der Waals surface area (Å²) in [4.78, 5) is 12.2. The highest BCUT2D eigenvalue weighted by atomic mass is 35.5. The van der Waals surface area contributed by atoms with E-state index in [-0.39, 0.29) is 5.91 Å². The molecule has 0 spiro atoms. The maximum absolute atomic E-state index is 12.2. The zero-order valence-electron chi connectivity index (χ0n) is 13.0. The number of hydrogen-bond acceptors (Lipinski definition) is 3. The fourth-order valence-electron chi connectivity index (χ4n) is 2.27. The van der Waals surface area contributed by atoms with Crippen LogP contribution in [0.25, 0.3) is 11.3 Å². The standard InChI is InChI=1S/C18H15ClN4O/c1-12-16(14-5-3-2-4-6-14)21-22-17(12)18(24)23-20-11-13-7-9-15(19)10-8-13/h2-11H,1H3,(H,21,22)(H,23,24)/b20-11+. The summed E-state index contributed by atoms with van der Waals surface area (Å²) in [5.41, 5.74) is 6.21. The molecule has 3 aromatic rings. The van der Waals surface area contributed by atoms with Crippen LogP contribution in [0.1, 0.15) is 21.6 Å². The van der Waals surface area contributed by atoms with Gasteiger partial charge >= 0.3 is 0 Å². The molecular weight excluding hydrogens is 324 g/mol. The molecule has 0 aliphatic rings. The molecular formula is C18H15ClN4O. The van der Waals surface area contributed by atoms with Crippen LogP contribution < -0.4 is 5.43 Å². The molecule has 0 bridgehead atoms. The van der Waals surface area contributed by atoms with Gasteiger partial charge in [0.2, 0.25) is 0 Å². The van der Waals surface area contributed by atoms with E-state index in [1.54, 1.807) is 18.3 Å². The van der Waals surface area contributed by atoms with Gasteiger partial charge in [0.15, 0.2) is 0 Å². The lowest BCUT2D eigenvalue weighted by molar-refractivity contribution is 0.0949. The molecule has 3 rings (SSSR count). The molecule has 0 aliphatic carbocycles. The van der Waals surface area contributed by atoms with Gasteiger partial charge in [-0.3, -0.25) is 9.89 Å². The van der Waals surface area contributed by atoms with Crippen LogP contribution in [0.15, 0.2) is 59.7 Å². The van der Waals surface area contributed by atoms with Crippen molar-refractivity contribution in [3.05, 3.63) is 76.4 Å². The lowest BCUT2D eigenvalue weighted by Gasteiger charge is -2.00. The van der Waals surface area contributed by atoms with E-state index in [1.807, 2.05) is 49.4 Å². The number of aromatic amines is 1. The van der Waals surface area contributed by atoms with E-state index in [0.29, 0.717) is 10.7 Å². The van der Waals surface area contributed by atoms with Crippen molar-refractivity contribution in [3.63, 3.8) is 0 Å². The smallest absolute Gasteiger partial charge is 0.272 e. The zero-order chi connectivity index (χ0) is 16.9. The summed E-state index contributed by atoms with van der Waals surface area (Å²) in [6, 6.07) is 16.8. The number of benzene rings is 2. The van der Waals surface area contributed by atoms with Gasteiger partial charge in [-0.05, 0) is 24.6 Å². The molecule has 0 aliphatic heterocycles. The SMILES string of the molecule is Cc1c(-c2ccccc2)n[nH]c1C(=O)N/N=C/c1ccc(Cl)cc1. The molecule has 5 nitrogen and oxygen atoms in total. The first-order valence-corrected chi connectivity index (χ1v) is 7.72. The first-order valence-electron chi connectivity index (χ1n) is 7.34. The number of nitrogens with zero attached hydrogens (tertiary/aromatic N) is 2. The number of rotatable bonds is 4. The van der Waals surface area contributed by atoms with Crippen LogP contribution in [0.2, 0.25) is 5.02 Å². The van der Waals surface area contributed by atoms with Gasteiger partial charge in [0.25, 0.3) is 5.91 Å². The molecule has 2 aromatic carbocycles. The van der Waals surface area contributed by atoms with E-state index in [2.05, 4.69) is 20.7 Å². The van der Waals surface area contributed by atoms with Gasteiger partial charge in [0.05, 0.1) is 11.9 Å². The van der Waals surface area contributed by atoms with Gasteiger partial charge in [0.1, 0.15) is 5.69 Å². The fraction of sp³-hybridized carbons (Fsp3) is 0.0556. The minimum atomic E-state index is -0.340. The van der Waals surface area contributed by atoms with Crippen LogP contribution in [0.3, 0.4) is 0 Å². The third-order valence-electron chi connectivity index (χ3n) is 3.53. The first-order chi connectivity index (χ1) is 11.6. The highest BCUT2D eigenvalue weighted by molar-refractivity contribution is 6.30. The maximum atomic E-state index is 12.2. The largest absolute Gasteiger partial charge is 0.289 e. The van der Waals surface area contributed by atoms with Crippen LogP contribution in [0.4, 0.5) is 0 Å². The van der Waals surface area contributed by atoms with Gasteiger partial charge in [-0.1, -0.05) is 54.1 Å². The molecule has 0 atom stereocenters. The van der Waals surface area contributed by atoms with Crippen LogP contribution in [0.5, 0.6) is 0 Å². The topological polar surface area (TPSA) is 70.1 Å². The van der Waals surface area contributed by atoms with E-state index in [4.69, 9.17) is 11.6 Å². The molecule has 1 heterocycles. The Morgan fingerprint density at radius 2 is 1.88 bits per heavy atom. The predicted octanol–water partition coefficient (Wildman–Crippen LogP) is 3.80. The third kappa shape index (κ3) is 3.52. The molecule has 0 fully saturated rings. The van der Waals surface area contributed by atoms with Gasteiger partial charge < -0.3 is 0 Å². The molecule has 1 aromatic heterocycles. The van der Waals surface area contributed by atoms with Crippen molar-refractivity contribution < 1.29 is 4.79 Å². The van der Waals surface area contributed by atoms with E-state index < -0.39 is 0 Å². The van der Waals surface area contributed by atoms with Gasteiger partial charge in [-0.2, -0.15) is 10.2 Å². The van der Waals surface area contributed by atoms with Crippen molar-refractivity contribution in [2.75, 3.05) is 0 Å². The van der Waals surface area contributed by atoms with E-state index >= 15 is 0 Å². The molecule has 1 amide bonds. The van der Waals surface area contributed by atoms with Crippen LogP contribution in [0, 0.1) is 6.92 Å². The normalized spacial score (nSPS) is 10.9. The quantitative estimate of drug-likeness (QED) is 0.561. The average molecular weight is 339 g/mol. The minimum absolute atomic E-state index is 0.340. The summed E-state index contributed by atoms with van der Waals surface area (Å²) in [5.74, 6) is -0.340. The summed E-state index contributed by atoms with van der Waals surface area (Å²) < 4.78 is 0. The van der Waals surface area contributed by atoms with Crippen molar-refractivity contribution in [3.8, 4) is 11.3 Å². The molecule has 0 saturated carbocycles. The number of hydrogen-bond donors (Lipinski definition) is 2. The Morgan fingerprint density at radius 3 is 2.58 bits per heavy atom. The highest BCUT2D eigenvalue weighted by Gasteiger charge is 2.16. The van der Waals surface area contributed by atoms with E-state index in [0.717, 1.165) is 22.4 Å². The van der Waals surface area contributed by atoms with Crippen LogP contribution in [-0.4, -0.2) is 22.3 Å². The number of aromatic nitrogens is 2. The number of H-pyrrole nitrogens is 1. The summed E-state index contributed by atoms with van der Waals surface area (Å²) in [6.07, 6.45) is 1.55. The first kappa shape index (κ1) is 16.0. The maximum Gasteiger partial charge on any atom is 0.289 e. The number of nitrogens with one attached hydrogen (secondary N) is 2. The summed E-state index contributed by atoms with van der Waals surface area (Å²) in [6.45, 7) is 1.85. The average Bonchev–Trinajstić information content (AvgIpc) is 2.99. The highest BCUT2D eigenvalue weighted by Crippen LogP contribution is 2.22. The Balaban J connectivity index is 1.72. The van der Waals surface area contributed by atoms with Crippen LogP contribution in [-0.2, 0) is 0 Å². The summed E-state index contributed by atoms with van der Waals surface area (Å²) >= 11 is 5.82. The Kier molecular flexibility index (Phi) is 4.72. The molecule has 0 unspecified atom stereocenters. The molecule has 0 saturated heterocycles. The van der Waals surface area contributed by atoms with E-state index in [1.165, 1.54) is 0 Å². The van der Waals surface area contributed by atoms with Crippen molar-refractivity contribution in [1.29, 1.82) is 0 Å². The molecule has 2 N–H and O–H groups in total. The molecule has 6 heteroatoms. The van der Waals surface area contributed by atoms with Gasteiger partial charge in [-0.15, -0.1) is 0 Å². The Bertz CT molecular complexity index is 870. The minimum Gasteiger partial charge on any atom is -0.272 e. The van der Waals surface area contributed by atoms with Gasteiger partial charge in [0, 0.05) is 16.1 Å². The lowest BCUT2D eigenvalue weighted by Crippen LogP contribution is -2.19. The van der Waals surface area contributed by atoms with Gasteiger partial charge in [-0.25, -0.2) is 5.43 Å². The Hall–Kier alpha value is -2.92. The third-order valence-corrected chi connectivity index (χ3v) is 3.79. The van der Waals surface area contributed by atoms with Crippen LogP contribution >= 0.6 is 11.6 Å². The second-order valence-corrected chi connectivity index (χ2v) is 5.63. The van der Waals surface area contributed by atoms with Crippen molar-refractivity contribution in [1.82, 2.24) is 15.6 Å². The van der Waals surface area contributed by atoms with Crippen molar-refractivity contribution in [2.45, 2.75) is 6.92 Å². The Morgan fingerprint density at radius 1 is 1.17 bits per heavy atom.